The van der Waals surface area contributed by atoms with Gasteiger partial charge in [-0.05, 0) is 24.3 Å². The highest BCUT2D eigenvalue weighted by atomic mass is 35.5. The lowest BCUT2D eigenvalue weighted by atomic mass is 10.1. The predicted molar refractivity (Wildman–Crippen MR) is 98.2 cm³/mol. The highest BCUT2D eigenvalue weighted by Gasteiger charge is 2.14. The van der Waals surface area contributed by atoms with E-state index in [1.165, 1.54) is 12.4 Å². The van der Waals surface area contributed by atoms with Gasteiger partial charge in [-0.15, -0.1) is 12.4 Å². The first-order chi connectivity index (χ1) is 12.2. The fourth-order valence-electron chi connectivity index (χ4n) is 2.64. The summed E-state index contributed by atoms with van der Waals surface area (Å²) >= 11 is 0. The van der Waals surface area contributed by atoms with E-state index in [0.717, 1.165) is 0 Å². The number of benzene rings is 1. The van der Waals surface area contributed by atoms with Crippen molar-refractivity contribution in [1.82, 2.24) is 19.3 Å². The van der Waals surface area contributed by atoms with Crippen LogP contribution in [0.5, 0.6) is 0 Å². The molecule has 0 unspecified atom stereocenters. The van der Waals surface area contributed by atoms with Crippen LogP contribution < -0.4 is 5.73 Å². The average Bonchev–Trinajstić information content (AvgIpc) is 3.22. The molecule has 0 amide bonds. The largest absolute Gasteiger partial charge is 0.394 e. The van der Waals surface area contributed by atoms with Crippen molar-refractivity contribution in [3.05, 3.63) is 48.2 Å². The Balaban J connectivity index is 0.00000243. The molecule has 9 heteroatoms. The number of aromatic nitrogens is 4. The molecule has 0 fully saturated rings. The van der Waals surface area contributed by atoms with E-state index in [9.17, 15) is 9.65 Å². The van der Waals surface area contributed by atoms with Crippen molar-refractivity contribution < 1.29 is 9.50 Å². The van der Waals surface area contributed by atoms with Crippen LogP contribution in [0, 0.1) is 11.3 Å². The van der Waals surface area contributed by atoms with Gasteiger partial charge in [-0.1, -0.05) is 0 Å². The number of hydrogen-bond donors (Lipinski definition) is 2. The Morgan fingerprint density at radius 1 is 1.42 bits per heavy atom. The van der Waals surface area contributed by atoms with Gasteiger partial charge in [-0.25, -0.2) is 9.37 Å². The van der Waals surface area contributed by atoms with E-state index in [1.54, 1.807) is 33.6 Å². The van der Waals surface area contributed by atoms with Gasteiger partial charge < -0.3 is 15.4 Å². The topological polar surface area (TPSA) is 106 Å². The lowest BCUT2D eigenvalue weighted by Gasteiger charge is -2.05. The van der Waals surface area contributed by atoms with Gasteiger partial charge in [0, 0.05) is 18.3 Å². The fraction of sp³-hybridized carbons (Fsp3) is 0.235. The molecule has 0 atom stereocenters. The number of imidazole rings is 1. The molecule has 26 heavy (non-hydrogen) atoms. The van der Waals surface area contributed by atoms with Gasteiger partial charge in [0.15, 0.2) is 0 Å². The Hall–Kier alpha value is -2.73. The molecule has 136 valence electrons. The number of halogens is 2. The summed E-state index contributed by atoms with van der Waals surface area (Å²) in [7, 11) is 0. The lowest BCUT2D eigenvalue weighted by Crippen LogP contribution is -2.02. The van der Waals surface area contributed by atoms with Gasteiger partial charge in [-0.3, -0.25) is 4.68 Å². The van der Waals surface area contributed by atoms with Crippen LogP contribution in [0.25, 0.3) is 22.3 Å². The Morgan fingerprint density at radius 3 is 2.92 bits per heavy atom. The monoisotopic (exact) mass is 376 g/mol. The Bertz CT molecular complexity index is 971. The van der Waals surface area contributed by atoms with Crippen LogP contribution >= 0.6 is 12.4 Å². The fourth-order valence-corrected chi connectivity index (χ4v) is 2.64. The summed E-state index contributed by atoms with van der Waals surface area (Å²) in [6, 6.07) is 7.28. The smallest absolute Gasteiger partial charge is 0.117 e. The van der Waals surface area contributed by atoms with Gasteiger partial charge in [0.25, 0.3) is 0 Å². The molecule has 1 aromatic carbocycles. The minimum Gasteiger partial charge on any atom is -0.394 e. The standard InChI is InChI=1S/C17H17FN6O.ClH/c18-13(1-3-19)10-23-11-21-17-14(7-12(9-20)8-16(17)23)15-2-4-24(22-15)5-6-25;/h1-2,4,7-8,11,25H,3,5-6,10,19H2;1H. The van der Waals surface area contributed by atoms with Crippen LogP contribution in [0.1, 0.15) is 5.56 Å². The van der Waals surface area contributed by atoms with Crippen LogP contribution in [0.15, 0.2) is 42.6 Å². The minimum atomic E-state index is -0.363. The summed E-state index contributed by atoms with van der Waals surface area (Å²) in [6.45, 7) is 0.483. The van der Waals surface area contributed by atoms with Crippen molar-refractivity contribution in [3.8, 4) is 17.3 Å². The molecule has 0 spiro atoms. The normalized spacial score (nSPS) is 11.4. The zero-order chi connectivity index (χ0) is 17.8. The maximum atomic E-state index is 13.8. The van der Waals surface area contributed by atoms with Crippen molar-refractivity contribution >= 4 is 23.4 Å². The molecule has 3 aromatic rings. The Labute approximate surface area is 155 Å². The number of fused-ring (bicyclic) bond motifs is 1. The van der Waals surface area contributed by atoms with Crippen LogP contribution in [0.4, 0.5) is 4.39 Å². The predicted octanol–water partition coefficient (Wildman–Crippen LogP) is 2.00. The number of allylic oxidation sites excluding steroid dienone is 1. The van der Waals surface area contributed by atoms with Crippen LogP contribution in [-0.2, 0) is 13.1 Å². The molecule has 7 nitrogen and oxygen atoms in total. The third-order valence-electron chi connectivity index (χ3n) is 3.76. The number of nitrogens with two attached hydrogens (primary N) is 1. The van der Waals surface area contributed by atoms with E-state index in [4.69, 9.17) is 10.8 Å². The second-order valence-electron chi connectivity index (χ2n) is 5.45. The van der Waals surface area contributed by atoms with E-state index in [2.05, 4.69) is 16.2 Å². The van der Waals surface area contributed by atoms with Gasteiger partial charge >= 0.3 is 0 Å². The highest BCUT2D eigenvalue weighted by molar-refractivity contribution is 5.92. The number of hydrogen-bond acceptors (Lipinski definition) is 5. The first kappa shape index (κ1) is 19.6. The third kappa shape index (κ3) is 3.91. The molecule has 0 aliphatic heterocycles. The minimum absolute atomic E-state index is 0. The van der Waals surface area contributed by atoms with E-state index in [1.807, 2.05) is 0 Å². The number of nitriles is 1. The van der Waals surface area contributed by atoms with Gasteiger partial charge in [0.2, 0.25) is 0 Å². The van der Waals surface area contributed by atoms with Crippen molar-refractivity contribution in [1.29, 1.82) is 5.26 Å². The molecule has 0 radical (unpaired) electrons. The molecule has 3 N–H and O–H groups in total. The van der Waals surface area contributed by atoms with E-state index < -0.39 is 0 Å². The summed E-state index contributed by atoms with van der Waals surface area (Å²) in [5.41, 5.74) is 8.37. The quantitative estimate of drug-likeness (QED) is 0.684. The first-order valence-electron chi connectivity index (χ1n) is 7.74. The zero-order valence-corrected chi connectivity index (χ0v) is 14.7. The molecule has 3 rings (SSSR count). The van der Waals surface area contributed by atoms with Crippen molar-refractivity contribution in [2.24, 2.45) is 5.73 Å². The van der Waals surface area contributed by atoms with Gasteiger partial charge in [-0.2, -0.15) is 10.4 Å². The second-order valence-corrected chi connectivity index (χ2v) is 5.45. The molecule has 0 saturated heterocycles. The zero-order valence-electron chi connectivity index (χ0n) is 13.8. The maximum Gasteiger partial charge on any atom is 0.117 e. The van der Waals surface area contributed by atoms with Crippen molar-refractivity contribution in [2.75, 3.05) is 13.2 Å². The molecule has 0 saturated carbocycles. The molecule has 0 aliphatic rings. The molecule has 0 bridgehead atoms. The summed E-state index contributed by atoms with van der Waals surface area (Å²) < 4.78 is 17.1. The summed E-state index contributed by atoms with van der Waals surface area (Å²) in [4.78, 5) is 4.37. The van der Waals surface area contributed by atoms with Crippen LogP contribution in [0.2, 0.25) is 0 Å². The highest BCUT2D eigenvalue weighted by Crippen LogP contribution is 2.28. The summed E-state index contributed by atoms with van der Waals surface area (Å²) in [5.74, 6) is -0.363. The number of rotatable bonds is 6. The van der Waals surface area contributed by atoms with E-state index in [-0.39, 0.29) is 37.9 Å². The average molecular weight is 377 g/mol. The molecular weight excluding hydrogens is 359 g/mol. The second kappa shape index (κ2) is 8.58. The number of aliphatic hydroxyl groups is 1. The molecule has 2 aromatic heterocycles. The van der Waals surface area contributed by atoms with Crippen molar-refractivity contribution in [3.63, 3.8) is 0 Å². The molecule has 0 aliphatic carbocycles. The maximum absolute atomic E-state index is 13.8. The van der Waals surface area contributed by atoms with Gasteiger partial charge in [0.1, 0.15) is 5.83 Å². The third-order valence-corrected chi connectivity index (χ3v) is 3.76. The molecular formula is C17H18ClFN6O. The van der Waals surface area contributed by atoms with Crippen LogP contribution in [0.3, 0.4) is 0 Å². The molecule has 2 heterocycles. The lowest BCUT2D eigenvalue weighted by molar-refractivity contribution is 0.269. The SMILES string of the molecule is Cl.N#Cc1cc(-c2ccn(CCO)n2)c2ncn(CC(F)=CCN)c2c1. The van der Waals surface area contributed by atoms with Crippen molar-refractivity contribution in [2.45, 2.75) is 13.1 Å². The Kier molecular flexibility index (Phi) is 6.46. The summed E-state index contributed by atoms with van der Waals surface area (Å²) in [6.07, 6.45) is 4.58. The first-order valence-corrected chi connectivity index (χ1v) is 7.74. The summed E-state index contributed by atoms with van der Waals surface area (Å²) in [5, 5.41) is 22.7. The van der Waals surface area contributed by atoms with E-state index in [0.29, 0.717) is 34.4 Å². The Morgan fingerprint density at radius 2 is 2.23 bits per heavy atom. The van der Waals surface area contributed by atoms with Gasteiger partial charge in [0.05, 0.1) is 54.4 Å². The number of nitrogens with zero attached hydrogens (tertiary/aromatic N) is 5. The van der Waals surface area contributed by atoms with E-state index >= 15 is 0 Å². The van der Waals surface area contributed by atoms with Crippen LogP contribution in [-0.4, -0.2) is 37.6 Å². The number of aliphatic hydroxyl groups excluding tert-OH is 1.